The van der Waals surface area contributed by atoms with Crippen molar-refractivity contribution >= 4 is 46.2 Å². The summed E-state index contributed by atoms with van der Waals surface area (Å²) in [4.78, 5) is 36.3. The third-order valence-electron chi connectivity index (χ3n) is 4.87. The predicted octanol–water partition coefficient (Wildman–Crippen LogP) is 1.30. The fraction of sp³-hybridized carbons (Fsp3) is 0.286. The van der Waals surface area contributed by atoms with Crippen LogP contribution in [0.3, 0.4) is 0 Å². The summed E-state index contributed by atoms with van der Waals surface area (Å²) >= 11 is 4.22. The number of nitrogens with one attached hydrogen (secondary N) is 2. The van der Waals surface area contributed by atoms with Gasteiger partial charge in [-0.2, -0.15) is 12.6 Å². The molecule has 0 fully saturated rings. The topological polar surface area (TPSA) is 176 Å². The van der Waals surface area contributed by atoms with Crippen molar-refractivity contribution in [3.8, 4) is 0 Å². The minimum Gasteiger partial charge on any atom is -0.481 e. The highest BCUT2D eigenvalue weighted by Crippen LogP contribution is 2.22. The van der Waals surface area contributed by atoms with Crippen LogP contribution in [0.5, 0.6) is 0 Å². The number of hydrogen-bond acceptors (Lipinski definition) is 7. The van der Waals surface area contributed by atoms with Gasteiger partial charge in [0.25, 0.3) is 0 Å². The molecular weight excluding hydrogens is 470 g/mol. The molecule has 33 heavy (non-hydrogen) atoms. The monoisotopic (exact) mass is 495 g/mol. The fourth-order valence-electron chi connectivity index (χ4n) is 3.09. The smallest absolute Gasteiger partial charge is 0.350 e. The Morgan fingerprint density at radius 1 is 1.03 bits per heavy atom. The van der Waals surface area contributed by atoms with Crippen molar-refractivity contribution < 1.29 is 33.0 Å². The lowest BCUT2D eigenvalue weighted by atomic mass is 9.97. The van der Waals surface area contributed by atoms with Gasteiger partial charge in [0.2, 0.25) is 21.6 Å². The number of anilines is 1. The van der Waals surface area contributed by atoms with Crippen LogP contribution in [-0.4, -0.2) is 47.9 Å². The van der Waals surface area contributed by atoms with E-state index in [9.17, 15) is 27.9 Å². The summed E-state index contributed by atoms with van der Waals surface area (Å²) in [5, 5.41) is 29.2. The Balaban J connectivity index is 2.34. The number of primary sulfonamides is 1. The molecule has 12 heteroatoms. The first kappa shape index (κ1) is 26.2. The van der Waals surface area contributed by atoms with E-state index in [4.69, 9.17) is 10.2 Å². The minimum absolute atomic E-state index is 0.123. The van der Waals surface area contributed by atoms with E-state index in [1.807, 2.05) is 30.3 Å². The van der Waals surface area contributed by atoms with Gasteiger partial charge < -0.3 is 20.8 Å². The maximum atomic E-state index is 13.0. The van der Waals surface area contributed by atoms with Crippen molar-refractivity contribution in [2.45, 2.75) is 29.8 Å². The average molecular weight is 496 g/mol. The van der Waals surface area contributed by atoms with Crippen LogP contribution in [0.4, 0.5) is 5.69 Å². The quantitative estimate of drug-likeness (QED) is 0.188. The van der Waals surface area contributed by atoms with Crippen molar-refractivity contribution in [1.29, 1.82) is 0 Å². The summed E-state index contributed by atoms with van der Waals surface area (Å²) in [5.74, 6) is -3.96. The van der Waals surface area contributed by atoms with E-state index in [1.54, 1.807) is 0 Å². The molecular formula is C21H25N3O7S2. The SMILES string of the molecule is NS(=O)(=O)c1ccc(N[C@@](CCC(=O)O)(NC(=O)C(CS)Cc2ccccc2)C(=O)O)cc1. The molecule has 2 aromatic carbocycles. The van der Waals surface area contributed by atoms with Crippen LogP contribution >= 0.6 is 12.6 Å². The molecule has 1 amide bonds. The maximum absolute atomic E-state index is 13.0. The number of rotatable bonds is 12. The molecule has 0 radical (unpaired) electrons. The van der Waals surface area contributed by atoms with Crippen molar-refractivity contribution in [1.82, 2.24) is 5.32 Å². The second-order valence-electron chi connectivity index (χ2n) is 7.36. The third kappa shape index (κ3) is 7.48. The lowest BCUT2D eigenvalue weighted by Crippen LogP contribution is -2.61. The van der Waals surface area contributed by atoms with Crippen LogP contribution in [0.15, 0.2) is 59.5 Å². The predicted molar refractivity (Wildman–Crippen MR) is 124 cm³/mol. The zero-order valence-corrected chi connectivity index (χ0v) is 19.2. The minimum atomic E-state index is -3.96. The first-order valence-electron chi connectivity index (χ1n) is 9.80. The zero-order chi connectivity index (χ0) is 24.6. The van der Waals surface area contributed by atoms with Crippen molar-refractivity contribution in [3.05, 3.63) is 60.2 Å². The second-order valence-corrected chi connectivity index (χ2v) is 9.28. The molecule has 0 bridgehead atoms. The highest BCUT2D eigenvalue weighted by Gasteiger charge is 2.41. The number of nitrogens with two attached hydrogens (primary N) is 1. The van der Waals surface area contributed by atoms with Gasteiger partial charge in [-0.25, -0.2) is 18.4 Å². The Hall–Kier alpha value is -3.09. The number of amides is 1. The molecule has 0 spiro atoms. The Kier molecular flexibility index (Phi) is 8.85. The summed E-state index contributed by atoms with van der Waals surface area (Å²) in [6.07, 6.45) is -0.738. The largest absolute Gasteiger partial charge is 0.481 e. The van der Waals surface area contributed by atoms with Gasteiger partial charge >= 0.3 is 11.9 Å². The highest BCUT2D eigenvalue weighted by atomic mass is 32.2. The number of carboxylic acids is 2. The number of thiol groups is 1. The van der Waals surface area contributed by atoms with Gasteiger partial charge in [0.15, 0.2) is 0 Å². The van der Waals surface area contributed by atoms with E-state index in [-0.39, 0.29) is 16.3 Å². The lowest BCUT2D eigenvalue weighted by Gasteiger charge is -2.33. The lowest BCUT2D eigenvalue weighted by molar-refractivity contribution is -0.148. The standard InChI is InChI=1S/C21H25N3O7S2/c22-33(30,31)17-8-6-16(7-9-17)23-21(20(28)29,11-10-18(25)26)24-19(27)15(13-32)12-14-4-2-1-3-5-14/h1-9,15,23,32H,10-13H2,(H,24,27)(H,25,26)(H,28,29)(H2,22,30,31)/t15?,21-/m0/s1. The molecule has 0 aliphatic carbocycles. The Bertz CT molecular complexity index is 1090. The van der Waals surface area contributed by atoms with Gasteiger partial charge in [-0.1, -0.05) is 30.3 Å². The normalized spacial score (nSPS) is 14.0. The fourth-order valence-corrected chi connectivity index (χ4v) is 3.90. The summed E-state index contributed by atoms with van der Waals surface area (Å²) in [5.41, 5.74) is -1.18. The molecule has 1 unspecified atom stereocenters. The van der Waals surface area contributed by atoms with Crippen LogP contribution < -0.4 is 15.8 Å². The molecule has 178 valence electrons. The maximum Gasteiger partial charge on any atom is 0.350 e. The number of sulfonamides is 1. The van der Waals surface area contributed by atoms with Gasteiger partial charge in [0.1, 0.15) is 0 Å². The van der Waals surface area contributed by atoms with Gasteiger partial charge in [-0.3, -0.25) is 9.59 Å². The molecule has 0 aliphatic heterocycles. The molecule has 0 aliphatic rings. The third-order valence-corrected chi connectivity index (χ3v) is 6.24. The van der Waals surface area contributed by atoms with Crippen molar-refractivity contribution in [2.24, 2.45) is 11.1 Å². The number of hydrogen-bond donors (Lipinski definition) is 6. The number of aliphatic carboxylic acids is 2. The van der Waals surface area contributed by atoms with Gasteiger partial charge in [0.05, 0.1) is 10.8 Å². The van der Waals surface area contributed by atoms with Crippen LogP contribution in [0.25, 0.3) is 0 Å². The van der Waals surface area contributed by atoms with E-state index in [1.165, 1.54) is 12.1 Å². The van der Waals surface area contributed by atoms with Crippen LogP contribution in [0.2, 0.25) is 0 Å². The molecule has 0 saturated heterocycles. The van der Waals surface area contributed by atoms with E-state index >= 15 is 0 Å². The van der Waals surface area contributed by atoms with Crippen LogP contribution in [-0.2, 0) is 30.8 Å². The Morgan fingerprint density at radius 3 is 2.12 bits per heavy atom. The zero-order valence-electron chi connectivity index (χ0n) is 17.5. The number of carbonyl (C=O) groups is 3. The van der Waals surface area contributed by atoms with Crippen molar-refractivity contribution in [3.63, 3.8) is 0 Å². The molecule has 2 aromatic rings. The number of benzene rings is 2. The van der Waals surface area contributed by atoms with Gasteiger partial charge in [0, 0.05) is 24.3 Å². The highest BCUT2D eigenvalue weighted by molar-refractivity contribution is 7.89. The summed E-state index contributed by atoms with van der Waals surface area (Å²) in [7, 11) is -3.96. The molecule has 6 N–H and O–H groups in total. The molecule has 0 aromatic heterocycles. The van der Waals surface area contributed by atoms with Crippen LogP contribution in [0.1, 0.15) is 18.4 Å². The number of carbonyl (C=O) groups excluding carboxylic acids is 1. The van der Waals surface area contributed by atoms with E-state index < -0.39 is 52.3 Å². The number of carboxylic acid groups (broad SMARTS) is 2. The first-order chi connectivity index (χ1) is 15.5. The first-order valence-corrected chi connectivity index (χ1v) is 12.0. The molecule has 0 saturated carbocycles. The van der Waals surface area contributed by atoms with E-state index in [2.05, 4.69) is 23.3 Å². The Morgan fingerprint density at radius 2 is 1.64 bits per heavy atom. The van der Waals surface area contributed by atoms with Gasteiger partial charge in [-0.05, 0) is 36.2 Å². The summed E-state index contributed by atoms with van der Waals surface area (Å²) < 4.78 is 22.9. The molecule has 2 rings (SSSR count). The summed E-state index contributed by atoms with van der Waals surface area (Å²) in [6.45, 7) is 0. The molecule has 10 nitrogen and oxygen atoms in total. The van der Waals surface area contributed by atoms with Crippen molar-refractivity contribution in [2.75, 3.05) is 11.1 Å². The molecule has 2 atom stereocenters. The van der Waals surface area contributed by atoms with Crippen LogP contribution in [0, 0.1) is 5.92 Å². The second kappa shape index (κ2) is 11.2. The van der Waals surface area contributed by atoms with E-state index in [0.717, 1.165) is 17.7 Å². The van der Waals surface area contributed by atoms with Gasteiger partial charge in [-0.15, -0.1) is 0 Å². The Labute approximate surface area is 196 Å². The molecule has 0 heterocycles. The summed E-state index contributed by atoms with van der Waals surface area (Å²) in [6, 6.07) is 14.0. The van der Waals surface area contributed by atoms with E-state index in [0.29, 0.717) is 6.42 Å². The average Bonchev–Trinajstić information content (AvgIpc) is 2.76.